The molecular formula is C31H38N6O6S. The number of carbonyl (C=O) groups is 1. The molecule has 0 saturated carbocycles. The van der Waals surface area contributed by atoms with Gasteiger partial charge in [0.05, 0.1) is 30.4 Å². The van der Waals surface area contributed by atoms with Crippen molar-refractivity contribution < 1.29 is 27.8 Å². The zero-order chi connectivity index (χ0) is 32.2. The lowest BCUT2D eigenvalue weighted by atomic mass is 9.97. The van der Waals surface area contributed by atoms with Crippen molar-refractivity contribution >= 4 is 27.7 Å². The van der Waals surface area contributed by atoms with Gasteiger partial charge in [-0.1, -0.05) is 36.4 Å². The number of nitrogens with one attached hydrogen (secondary N) is 2. The lowest BCUT2D eigenvalue weighted by Crippen LogP contribution is -2.44. The Bertz CT molecular complexity index is 1720. The van der Waals surface area contributed by atoms with Crippen molar-refractivity contribution in [2.75, 3.05) is 25.3 Å². The molecule has 44 heavy (non-hydrogen) atoms. The van der Waals surface area contributed by atoms with Gasteiger partial charge in [0.15, 0.2) is 0 Å². The van der Waals surface area contributed by atoms with Crippen LogP contribution >= 0.6 is 0 Å². The van der Waals surface area contributed by atoms with Gasteiger partial charge in [-0.05, 0) is 57.4 Å². The van der Waals surface area contributed by atoms with Gasteiger partial charge in [0.1, 0.15) is 24.2 Å². The summed E-state index contributed by atoms with van der Waals surface area (Å²) < 4.78 is 39.9. The zero-order valence-corrected chi connectivity index (χ0v) is 26.6. The molecule has 12 nitrogen and oxygen atoms in total. The number of nitrogens with zero attached hydrogens (tertiary/aromatic N) is 4. The minimum absolute atomic E-state index is 0.0392. The summed E-state index contributed by atoms with van der Waals surface area (Å²) in [6, 6.07) is 11.8. The van der Waals surface area contributed by atoms with Crippen LogP contribution in [0.2, 0.25) is 0 Å². The van der Waals surface area contributed by atoms with E-state index in [0.717, 1.165) is 26.7 Å². The Hall–Kier alpha value is -4.33. The van der Waals surface area contributed by atoms with Gasteiger partial charge in [-0.15, -0.1) is 0 Å². The summed E-state index contributed by atoms with van der Waals surface area (Å²) in [5.41, 5.74) is 4.30. The van der Waals surface area contributed by atoms with Gasteiger partial charge < -0.3 is 19.9 Å². The summed E-state index contributed by atoms with van der Waals surface area (Å²) in [7, 11) is -2.98. The Kier molecular flexibility index (Phi) is 10.0. The first-order valence-corrected chi connectivity index (χ1v) is 15.5. The largest absolute Gasteiger partial charge is 0.512 e. The second-order valence-corrected chi connectivity index (χ2v) is 12.2. The molecule has 0 bridgehead atoms. The molecule has 1 aromatic heterocycles. The average molecular weight is 623 g/mol. The van der Waals surface area contributed by atoms with E-state index in [1.807, 2.05) is 32.0 Å². The van der Waals surface area contributed by atoms with E-state index in [4.69, 9.17) is 14.9 Å². The number of urea groups is 1. The third kappa shape index (κ3) is 6.59. The highest BCUT2D eigenvalue weighted by atomic mass is 32.2. The molecule has 4 rings (SSSR count). The molecule has 234 valence electrons. The lowest BCUT2D eigenvalue weighted by molar-refractivity contribution is 0.134. The van der Waals surface area contributed by atoms with Gasteiger partial charge in [0, 0.05) is 36.1 Å². The van der Waals surface area contributed by atoms with E-state index in [0.29, 0.717) is 35.9 Å². The van der Waals surface area contributed by atoms with Crippen LogP contribution in [-0.4, -0.2) is 60.1 Å². The summed E-state index contributed by atoms with van der Waals surface area (Å²) in [5, 5.41) is 21.4. The van der Waals surface area contributed by atoms with Gasteiger partial charge in [-0.25, -0.2) is 27.5 Å². The highest BCUT2D eigenvalue weighted by molar-refractivity contribution is 7.89. The smallest absolute Gasteiger partial charge is 0.323 e. The highest BCUT2D eigenvalue weighted by Gasteiger charge is 2.32. The minimum Gasteiger partial charge on any atom is -0.512 e. The van der Waals surface area contributed by atoms with E-state index in [1.54, 1.807) is 30.0 Å². The second kappa shape index (κ2) is 13.5. The van der Waals surface area contributed by atoms with Crippen LogP contribution in [0, 0.1) is 19.3 Å². The normalized spacial score (nSPS) is 13.7. The number of sulfonamides is 1. The number of allylic oxidation sites excluding steroid dienone is 1. The van der Waals surface area contributed by atoms with Crippen molar-refractivity contribution in [2.45, 2.75) is 59.2 Å². The first-order valence-electron chi connectivity index (χ1n) is 14.1. The molecule has 1 aliphatic rings. The van der Waals surface area contributed by atoms with Gasteiger partial charge in [0.25, 0.3) is 10.0 Å². The quantitative estimate of drug-likeness (QED) is 0.117. The van der Waals surface area contributed by atoms with Crippen LogP contribution in [-0.2, 0) is 39.2 Å². The molecule has 0 unspecified atom stereocenters. The molecule has 2 aromatic carbocycles. The van der Waals surface area contributed by atoms with E-state index >= 15 is 0 Å². The number of carbonyl (C=O) groups excluding carboxylic acids is 1. The number of benzene rings is 2. The topological polar surface area (TPSA) is 158 Å². The average Bonchev–Trinajstić information content (AvgIpc) is 2.99. The third-order valence-corrected chi connectivity index (χ3v) is 9.11. The van der Waals surface area contributed by atoms with E-state index < -0.39 is 22.6 Å². The Morgan fingerprint density at radius 1 is 1.14 bits per heavy atom. The number of rotatable bonds is 11. The fourth-order valence-electron chi connectivity index (χ4n) is 4.94. The summed E-state index contributed by atoms with van der Waals surface area (Å²) in [6.07, 6.45) is 0. The van der Waals surface area contributed by atoms with E-state index in [1.165, 1.54) is 27.0 Å². The monoisotopic (exact) mass is 622 g/mol. The fraction of sp³-hybridized carbons (Fsp3) is 0.355. The predicted octanol–water partition coefficient (Wildman–Crippen LogP) is 4.95. The predicted molar refractivity (Wildman–Crippen MR) is 167 cm³/mol. The molecule has 0 saturated heterocycles. The summed E-state index contributed by atoms with van der Waals surface area (Å²) in [4.78, 5) is 23.5. The molecule has 0 radical (unpaired) electrons. The molecule has 3 N–H and O–H groups in total. The maximum absolute atomic E-state index is 14.1. The molecule has 0 aliphatic carbocycles. The minimum atomic E-state index is -4.32. The van der Waals surface area contributed by atoms with Crippen LogP contribution in [0.3, 0.4) is 0 Å². The van der Waals surface area contributed by atoms with Crippen LogP contribution in [0.25, 0.3) is 11.1 Å². The van der Waals surface area contributed by atoms with Crippen LogP contribution in [0.5, 0.6) is 0 Å². The summed E-state index contributed by atoms with van der Waals surface area (Å²) in [6.45, 7) is 9.18. The van der Waals surface area contributed by atoms with Crippen LogP contribution in [0.4, 0.5) is 10.6 Å². The number of aliphatic hydroxyl groups excluding tert-OH is 1. The molecule has 0 spiro atoms. The number of amides is 2. The Labute approximate surface area is 257 Å². The molecule has 1 aliphatic heterocycles. The van der Waals surface area contributed by atoms with Crippen molar-refractivity contribution in [3.63, 3.8) is 0 Å². The van der Waals surface area contributed by atoms with Crippen molar-refractivity contribution in [3.05, 3.63) is 82.0 Å². The fourth-order valence-corrected chi connectivity index (χ4v) is 6.50. The first kappa shape index (κ1) is 32.6. The number of aryl methyl sites for hydroxylation is 2. The first-order chi connectivity index (χ1) is 20.9. The second-order valence-electron chi connectivity index (χ2n) is 10.4. The molecule has 0 atom stereocenters. The van der Waals surface area contributed by atoms with Crippen molar-refractivity contribution in [3.8, 4) is 11.1 Å². The van der Waals surface area contributed by atoms with E-state index in [-0.39, 0.29) is 35.4 Å². The van der Waals surface area contributed by atoms with Gasteiger partial charge in [-0.2, -0.15) is 0 Å². The molecular weight excluding hydrogens is 584 g/mol. The van der Waals surface area contributed by atoms with E-state index in [9.17, 15) is 18.3 Å². The van der Waals surface area contributed by atoms with Gasteiger partial charge in [0.2, 0.25) is 0 Å². The Morgan fingerprint density at radius 2 is 1.86 bits per heavy atom. The lowest BCUT2D eigenvalue weighted by Gasteiger charge is -2.30. The van der Waals surface area contributed by atoms with Crippen LogP contribution in [0.1, 0.15) is 49.0 Å². The number of fused-ring (bicyclic) bond motifs is 1. The summed E-state index contributed by atoms with van der Waals surface area (Å²) >= 11 is 0. The van der Waals surface area contributed by atoms with Gasteiger partial charge >= 0.3 is 6.03 Å². The molecule has 2 heterocycles. The van der Waals surface area contributed by atoms with Crippen molar-refractivity contribution in [2.24, 2.45) is 0 Å². The zero-order valence-electron chi connectivity index (χ0n) is 25.8. The third-order valence-electron chi connectivity index (χ3n) is 7.33. The van der Waals surface area contributed by atoms with Crippen LogP contribution in [0.15, 0.2) is 58.7 Å². The number of aliphatic hydroxyl groups is 1. The molecule has 0 fully saturated rings. The number of aromatic nitrogens is 2. The maximum atomic E-state index is 14.1. The molecule has 3 aromatic rings. The van der Waals surface area contributed by atoms with Crippen LogP contribution < -0.4 is 10.2 Å². The van der Waals surface area contributed by atoms with E-state index in [2.05, 4.69) is 15.3 Å². The Morgan fingerprint density at radius 3 is 2.55 bits per heavy atom. The number of hydrogen-bond acceptors (Lipinski definition) is 9. The Balaban J connectivity index is 1.80. The summed E-state index contributed by atoms with van der Waals surface area (Å²) in [5.74, 6) is 0.562. The van der Waals surface area contributed by atoms with Crippen molar-refractivity contribution in [1.82, 2.24) is 19.6 Å². The van der Waals surface area contributed by atoms with Gasteiger partial charge in [-0.3, -0.25) is 10.3 Å². The number of amidine groups is 1. The number of anilines is 1. The van der Waals surface area contributed by atoms with Crippen molar-refractivity contribution in [1.29, 1.82) is 5.41 Å². The number of ether oxygens (including phenoxy) is 2. The molecule has 2 amide bonds. The SMILES string of the molecule is CCOCc1cc(CN2C(=O)NCc3c(C)nc(C)nc32)ccc1-c1ccccc1S(=O)(=O)N(COC)C(=N)/C(C)=C(/C)O. The molecule has 13 heteroatoms. The number of methoxy groups -OCH3 is 1. The number of hydrogen-bond donors (Lipinski definition) is 3. The standard InChI is InChI=1S/C31H38N6O6S/c1-7-43-17-24-14-23(16-36-30-27(15-33-31(36)39)20(3)34-22(5)35-30)12-13-25(24)26-10-8-9-11-28(26)44(40,41)37(18-42-6)29(32)19(2)21(4)38/h8-14,32,38H,7,15-18H2,1-6H3,(H,33,39)/b21-19-,32-29?. The maximum Gasteiger partial charge on any atom is 0.323 e. The highest BCUT2D eigenvalue weighted by Crippen LogP contribution is 2.34.